The maximum atomic E-state index is 10.8. The van der Waals surface area contributed by atoms with Crippen LogP contribution in [0.4, 0.5) is 0 Å². The Morgan fingerprint density at radius 3 is 2.38 bits per heavy atom. The zero-order chi connectivity index (χ0) is 14.7. The predicted octanol–water partition coefficient (Wildman–Crippen LogP) is 5.12. The number of phenolic OH excluding ortho intramolecular Hbond substituents is 1. The number of methoxy groups -OCH3 is 1. The van der Waals surface area contributed by atoms with Crippen molar-refractivity contribution in [2.24, 2.45) is 0 Å². The third-order valence-electron chi connectivity index (χ3n) is 4.48. The first-order valence-electron chi connectivity index (χ1n) is 7.76. The Bertz CT molecular complexity index is 598. The maximum absolute atomic E-state index is 10.8. The number of ether oxygens (including phenoxy) is 1. The highest BCUT2D eigenvalue weighted by Crippen LogP contribution is 2.43. The van der Waals surface area contributed by atoms with E-state index in [1.165, 1.54) is 19.3 Å². The Kier molecular flexibility index (Phi) is 4.14. The van der Waals surface area contributed by atoms with Gasteiger partial charge in [-0.3, -0.25) is 0 Å². The van der Waals surface area contributed by atoms with Crippen LogP contribution in [0, 0.1) is 0 Å². The lowest BCUT2D eigenvalue weighted by Crippen LogP contribution is -2.05. The minimum atomic E-state index is 0.425. The highest BCUT2D eigenvalue weighted by molar-refractivity contribution is 5.74. The van der Waals surface area contributed by atoms with E-state index in [1.54, 1.807) is 7.11 Å². The summed E-state index contributed by atoms with van der Waals surface area (Å²) in [6, 6.07) is 14.0. The maximum Gasteiger partial charge on any atom is 0.127 e. The average molecular weight is 282 g/mol. The van der Waals surface area contributed by atoms with Gasteiger partial charge in [0.15, 0.2) is 0 Å². The second kappa shape index (κ2) is 6.21. The van der Waals surface area contributed by atoms with Gasteiger partial charge in [-0.15, -0.1) is 0 Å². The Morgan fingerprint density at radius 1 is 1.00 bits per heavy atom. The summed E-state index contributed by atoms with van der Waals surface area (Å²) in [6.45, 7) is 0. The van der Waals surface area contributed by atoms with Gasteiger partial charge in [-0.25, -0.2) is 0 Å². The zero-order valence-electron chi connectivity index (χ0n) is 12.5. The van der Waals surface area contributed by atoms with E-state index in [9.17, 15) is 5.11 Å². The first-order valence-corrected chi connectivity index (χ1v) is 7.76. The number of hydrogen-bond donors (Lipinski definition) is 1. The molecular weight excluding hydrogens is 260 g/mol. The minimum Gasteiger partial charge on any atom is -0.507 e. The molecule has 2 nitrogen and oxygen atoms in total. The summed E-state index contributed by atoms with van der Waals surface area (Å²) in [5.41, 5.74) is 2.95. The molecule has 0 heterocycles. The molecule has 0 bridgehead atoms. The Balaban J connectivity index is 2.08. The van der Waals surface area contributed by atoms with Crippen molar-refractivity contribution in [3.63, 3.8) is 0 Å². The number of phenols is 1. The van der Waals surface area contributed by atoms with Crippen LogP contribution in [0.15, 0.2) is 42.5 Å². The molecule has 1 N–H and O–H groups in total. The van der Waals surface area contributed by atoms with E-state index in [0.29, 0.717) is 11.7 Å². The summed E-state index contributed by atoms with van der Waals surface area (Å²) >= 11 is 0. The van der Waals surface area contributed by atoms with Gasteiger partial charge in [-0.05, 0) is 36.5 Å². The molecule has 110 valence electrons. The van der Waals surface area contributed by atoms with Crippen LogP contribution in [0.3, 0.4) is 0 Å². The van der Waals surface area contributed by atoms with Crippen LogP contribution in [0.25, 0.3) is 11.1 Å². The Labute approximate surface area is 126 Å². The molecule has 0 aliphatic heterocycles. The lowest BCUT2D eigenvalue weighted by Gasteiger charge is -2.24. The van der Waals surface area contributed by atoms with Gasteiger partial charge >= 0.3 is 0 Å². The van der Waals surface area contributed by atoms with Gasteiger partial charge in [0.2, 0.25) is 0 Å². The number of benzene rings is 2. The average Bonchev–Trinajstić information content (AvgIpc) is 2.57. The van der Waals surface area contributed by atoms with Gasteiger partial charge in [0.1, 0.15) is 11.5 Å². The van der Waals surface area contributed by atoms with Gasteiger partial charge in [0.25, 0.3) is 0 Å². The molecule has 1 saturated carbocycles. The standard InChI is InChI=1S/C19H22O2/c1-21-16-12-17(14-8-4-2-5-9-14)19(20)18(13-16)15-10-6-3-7-11-15/h2,4-5,8-9,12-13,15,20H,3,6-7,10-11H2,1H3. The van der Waals surface area contributed by atoms with Crippen LogP contribution < -0.4 is 4.74 Å². The van der Waals surface area contributed by atoms with Crippen LogP contribution in [0.5, 0.6) is 11.5 Å². The SMILES string of the molecule is COc1cc(-c2ccccc2)c(O)c(C2CCCCC2)c1. The number of rotatable bonds is 3. The summed E-state index contributed by atoms with van der Waals surface area (Å²) < 4.78 is 5.45. The van der Waals surface area contributed by atoms with E-state index in [1.807, 2.05) is 42.5 Å². The van der Waals surface area contributed by atoms with Crippen molar-refractivity contribution in [2.45, 2.75) is 38.0 Å². The van der Waals surface area contributed by atoms with Crippen LogP contribution in [-0.4, -0.2) is 12.2 Å². The normalized spacial score (nSPS) is 15.9. The summed E-state index contributed by atoms with van der Waals surface area (Å²) in [7, 11) is 1.69. The van der Waals surface area contributed by atoms with Gasteiger partial charge in [-0.1, -0.05) is 49.6 Å². The third kappa shape index (κ3) is 2.90. The smallest absolute Gasteiger partial charge is 0.127 e. The zero-order valence-corrected chi connectivity index (χ0v) is 12.5. The molecular formula is C19H22O2. The van der Waals surface area contributed by atoms with Crippen LogP contribution in [0.2, 0.25) is 0 Å². The molecule has 1 fully saturated rings. The molecule has 1 aliphatic rings. The molecule has 0 aromatic heterocycles. The largest absolute Gasteiger partial charge is 0.507 e. The van der Waals surface area contributed by atoms with Crippen molar-refractivity contribution in [3.05, 3.63) is 48.0 Å². The first kappa shape index (κ1) is 14.0. The lowest BCUT2D eigenvalue weighted by atomic mass is 9.82. The van der Waals surface area contributed by atoms with Crippen molar-refractivity contribution in [2.75, 3.05) is 7.11 Å². The highest BCUT2D eigenvalue weighted by atomic mass is 16.5. The quantitative estimate of drug-likeness (QED) is 0.847. The molecule has 0 amide bonds. The molecule has 2 aromatic rings. The van der Waals surface area contributed by atoms with Crippen molar-refractivity contribution in [1.82, 2.24) is 0 Å². The fraction of sp³-hybridized carbons (Fsp3) is 0.368. The van der Waals surface area contributed by atoms with Crippen molar-refractivity contribution in [1.29, 1.82) is 0 Å². The lowest BCUT2D eigenvalue weighted by molar-refractivity contribution is 0.398. The minimum absolute atomic E-state index is 0.425. The van der Waals surface area contributed by atoms with Gasteiger partial charge < -0.3 is 9.84 Å². The molecule has 3 rings (SSSR count). The van der Waals surface area contributed by atoms with Crippen LogP contribution in [-0.2, 0) is 0 Å². The fourth-order valence-corrected chi connectivity index (χ4v) is 3.31. The molecule has 2 aromatic carbocycles. The van der Waals surface area contributed by atoms with E-state index < -0.39 is 0 Å². The molecule has 1 aliphatic carbocycles. The van der Waals surface area contributed by atoms with Crippen molar-refractivity contribution < 1.29 is 9.84 Å². The van der Waals surface area contributed by atoms with Crippen LogP contribution >= 0.6 is 0 Å². The fourth-order valence-electron chi connectivity index (χ4n) is 3.31. The van der Waals surface area contributed by atoms with E-state index >= 15 is 0 Å². The molecule has 0 atom stereocenters. The van der Waals surface area contributed by atoms with E-state index in [-0.39, 0.29) is 0 Å². The first-order chi connectivity index (χ1) is 10.3. The molecule has 2 heteroatoms. The highest BCUT2D eigenvalue weighted by Gasteiger charge is 2.22. The summed E-state index contributed by atoms with van der Waals surface area (Å²) in [5.74, 6) is 1.71. The summed E-state index contributed by atoms with van der Waals surface area (Å²) in [6.07, 6.45) is 6.14. The summed E-state index contributed by atoms with van der Waals surface area (Å²) in [5, 5.41) is 10.8. The van der Waals surface area contributed by atoms with Gasteiger partial charge in [0.05, 0.1) is 7.11 Å². The third-order valence-corrected chi connectivity index (χ3v) is 4.48. The van der Waals surface area contributed by atoms with E-state index in [2.05, 4.69) is 0 Å². The summed E-state index contributed by atoms with van der Waals surface area (Å²) in [4.78, 5) is 0. The molecule has 21 heavy (non-hydrogen) atoms. The van der Waals surface area contributed by atoms with E-state index in [4.69, 9.17) is 4.74 Å². The number of hydrogen-bond acceptors (Lipinski definition) is 2. The molecule has 0 radical (unpaired) electrons. The molecule has 0 spiro atoms. The van der Waals surface area contributed by atoms with Gasteiger partial charge in [0, 0.05) is 11.1 Å². The second-order valence-corrected chi connectivity index (χ2v) is 5.81. The Hall–Kier alpha value is -1.96. The monoisotopic (exact) mass is 282 g/mol. The van der Waals surface area contributed by atoms with Gasteiger partial charge in [-0.2, -0.15) is 0 Å². The molecule has 0 saturated heterocycles. The van der Waals surface area contributed by atoms with E-state index in [0.717, 1.165) is 35.3 Å². The Morgan fingerprint density at radius 2 is 1.71 bits per heavy atom. The second-order valence-electron chi connectivity index (χ2n) is 5.81. The molecule has 0 unspecified atom stereocenters. The van der Waals surface area contributed by atoms with Crippen molar-refractivity contribution in [3.8, 4) is 22.6 Å². The van der Waals surface area contributed by atoms with Crippen molar-refractivity contribution >= 4 is 0 Å². The number of aromatic hydroxyl groups is 1. The predicted molar refractivity (Wildman–Crippen MR) is 85.9 cm³/mol. The van der Waals surface area contributed by atoms with Crippen LogP contribution in [0.1, 0.15) is 43.6 Å². The topological polar surface area (TPSA) is 29.5 Å².